The largest absolute Gasteiger partial charge is 0.384 e. The number of nitrogens with zero attached hydrogens (tertiary/aromatic N) is 2. The van der Waals surface area contributed by atoms with E-state index < -0.39 is 0 Å². The monoisotopic (exact) mass is 270 g/mol. The van der Waals surface area contributed by atoms with Crippen molar-refractivity contribution in [2.45, 2.75) is 19.3 Å². The summed E-state index contributed by atoms with van der Waals surface area (Å²) in [7, 11) is 5.39. The van der Waals surface area contributed by atoms with E-state index in [1.807, 2.05) is 19.0 Å². The number of carbonyl (C=O) groups excluding carboxylic acids is 1. The van der Waals surface area contributed by atoms with Crippen LogP contribution in [0.5, 0.6) is 0 Å². The van der Waals surface area contributed by atoms with Crippen LogP contribution in [0.15, 0.2) is 0 Å². The molecular formula is C14H26N2O3. The van der Waals surface area contributed by atoms with Crippen molar-refractivity contribution < 1.29 is 14.3 Å². The fourth-order valence-corrected chi connectivity index (χ4v) is 3.39. The number of hydrogen-bond donors (Lipinski definition) is 0. The van der Waals surface area contributed by atoms with Gasteiger partial charge in [0.1, 0.15) is 0 Å². The van der Waals surface area contributed by atoms with Gasteiger partial charge in [-0.2, -0.15) is 0 Å². The molecule has 0 aliphatic carbocycles. The molecule has 0 bridgehead atoms. The number of rotatable bonds is 2. The van der Waals surface area contributed by atoms with E-state index in [1.54, 1.807) is 12.0 Å². The first kappa shape index (κ1) is 14.6. The molecule has 0 aromatic rings. The van der Waals surface area contributed by atoms with E-state index in [0.29, 0.717) is 11.3 Å². The van der Waals surface area contributed by atoms with E-state index in [0.717, 1.165) is 52.2 Å². The molecule has 0 aromatic carbocycles. The summed E-state index contributed by atoms with van der Waals surface area (Å²) >= 11 is 0. The molecule has 1 spiro atoms. The molecule has 0 saturated carbocycles. The van der Waals surface area contributed by atoms with E-state index in [2.05, 4.69) is 0 Å². The van der Waals surface area contributed by atoms with Crippen molar-refractivity contribution in [3.63, 3.8) is 0 Å². The summed E-state index contributed by atoms with van der Waals surface area (Å²) in [5.41, 5.74) is 0.317. The fraction of sp³-hybridized carbons (Fsp3) is 0.929. The first-order valence-corrected chi connectivity index (χ1v) is 7.12. The average Bonchev–Trinajstić information content (AvgIpc) is 2.42. The van der Waals surface area contributed by atoms with Crippen molar-refractivity contribution in [2.24, 2.45) is 11.3 Å². The third kappa shape index (κ3) is 3.03. The van der Waals surface area contributed by atoms with Gasteiger partial charge in [0, 0.05) is 46.8 Å². The van der Waals surface area contributed by atoms with Gasteiger partial charge < -0.3 is 19.3 Å². The number of urea groups is 1. The minimum absolute atomic E-state index is 0.130. The van der Waals surface area contributed by atoms with Crippen LogP contribution in [0.4, 0.5) is 4.79 Å². The van der Waals surface area contributed by atoms with Gasteiger partial charge in [0.25, 0.3) is 0 Å². The second-order valence-electron chi connectivity index (χ2n) is 6.00. The summed E-state index contributed by atoms with van der Waals surface area (Å²) in [6, 6.07) is 0.130. The quantitative estimate of drug-likeness (QED) is 0.762. The number of hydrogen-bond acceptors (Lipinski definition) is 3. The van der Waals surface area contributed by atoms with Gasteiger partial charge in [-0.1, -0.05) is 0 Å². The fourth-order valence-electron chi connectivity index (χ4n) is 3.39. The molecule has 2 amide bonds. The Morgan fingerprint density at radius 3 is 2.63 bits per heavy atom. The van der Waals surface area contributed by atoms with Crippen molar-refractivity contribution in [2.75, 3.05) is 54.1 Å². The minimum atomic E-state index is 0.130. The van der Waals surface area contributed by atoms with Crippen molar-refractivity contribution in [1.82, 2.24) is 9.80 Å². The van der Waals surface area contributed by atoms with Crippen LogP contribution >= 0.6 is 0 Å². The molecule has 2 heterocycles. The molecule has 110 valence electrons. The molecule has 19 heavy (non-hydrogen) atoms. The lowest BCUT2D eigenvalue weighted by Gasteiger charge is -2.49. The van der Waals surface area contributed by atoms with Gasteiger partial charge in [0.2, 0.25) is 0 Å². The van der Waals surface area contributed by atoms with E-state index in [9.17, 15) is 4.79 Å². The van der Waals surface area contributed by atoms with Crippen LogP contribution in [0, 0.1) is 11.3 Å². The molecule has 2 fully saturated rings. The number of ether oxygens (including phenoxy) is 2. The second-order valence-corrected chi connectivity index (χ2v) is 6.00. The standard InChI is InChI=1S/C14H26N2O3/c1-15(2)13(17)16-7-4-14(5-8-16)6-9-19-11-12(14)10-18-3/h12H,4-11H2,1-3H3/t12-/m1/s1. The molecule has 0 N–H and O–H groups in total. The number of piperidine rings is 1. The van der Waals surface area contributed by atoms with E-state index in [-0.39, 0.29) is 6.03 Å². The zero-order chi connectivity index (χ0) is 13.9. The predicted molar refractivity (Wildman–Crippen MR) is 73.1 cm³/mol. The smallest absolute Gasteiger partial charge is 0.319 e. The third-order valence-corrected chi connectivity index (χ3v) is 4.71. The Morgan fingerprint density at radius 2 is 2.05 bits per heavy atom. The Balaban J connectivity index is 1.97. The van der Waals surface area contributed by atoms with Crippen LogP contribution in [0.25, 0.3) is 0 Å². The lowest BCUT2D eigenvalue weighted by atomic mass is 9.66. The van der Waals surface area contributed by atoms with Crippen molar-refractivity contribution in [3.05, 3.63) is 0 Å². The number of methoxy groups -OCH3 is 1. The highest BCUT2D eigenvalue weighted by Crippen LogP contribution is 2.44. The van der Waals surface area contributed by atoms with Crippen LogP contribution in [0.2, 0.25) is 0 Å². The summed E-state index contributed by atoms with van der Waals surface area (Å²) in [6.07, 6.45) is 3.25. The van der Waals surface area contributed by atoms with Gasteiger partial charge in [-0.05, 0) is 24.7 Å². The molecule has 2 aliphatic rings. The molecule has 5 heteroatoms. The number of likely N-dealkylation sites (tertiary alicyclic amines) is 1. The maximum absolute atomic E-state index is 12.0. The first-order chi connectivity index (χ1) is 9.09. The molecule has 2 saturated heterocycles. The normalized spacial score (nSPS) is 26.5. The van der Waals surface area contributed by atoms with Crippen LogP contribution in [0.3, 0.4) is 0 Å². The Hall–Kier alpha value is -0.810. The highest BCUT2D eigenvalue weighted by atomic mass is 16.5. The molecule has 0 radical (unpaired) electrons. The SMILES string of the molecule is COC[C@@H]1COCCC12CCN(C(=O)N(C)C)CC2. The second kappa shape index (κ2) is 6.09. The lowest BCUT2D eigenvalue weighted by molar-refractivity contribution is -0.0911. The summed E-state index contributed by atoms with van der Waals surface area (Å²) in [6.45, 7) is 4.13. The molecule has 0 aromatic heterocycles. The van der Waals surface area contributed by atoms with Crippen LogP contribution < -0.4 is 0 Å². The maximum atomic E-state index is 12.0. The summed E-state index contributed by atoms with van der Waals surface area (Å²) in [5.74, 6) is 0.475. The van der Waals surface area contributed by atoms with Crippen LogP contribution in [0.1, 0.15) is 19.3 Å². The van der Waals surface area contributed by atoms with E-state index in [1.165, 1.54) is 0 Å². The van der Waals surface area contributed by atoms with Gasteiger partial charge in [-0.25, -0.2) is 4.79 Å². The van der Waals surface area contributed by atoms with E-state index >= 15 is 0 Å². The Labute approximate surface area is 115 Å². The maximum Gasteiger partial charge on any atom is 0.319 e. The molecular weight excluding hydrogens is 244 g/mol. The zero-order valence-corrected chi connectivity index (χ0v) is 12.4. The topological polar surface area (TPSA) is 42.0 Å². The average molecular weight is 270 g/mol. The van der Waals surface area contributed by atoms with Gasteiger partial charge >= 0.3 is 6.03 Å². The number of carbonyl (C=O) groups is 1. The molecule has 2 aliphatic heterocycles. The van der Waals surface area contributed by atoms with Gasteiger partial charge in [-0.3, -0.25) is 0 Å². The predicted octanol–water partition coefficient (Wildman–Crippen LogP) is 1.43. The van der Waals surface area contributed by atoms with Crippen molar-refractivity contribution >= 4 is 6.03 Å². The first-order valence-electron chi connectivity index (χ1n) is 7.12. The molecule has 0 unspecified atom stereocenters. The third-order valence-electron chi connectivity index (χ3n) is 4.71. The Kier molecular flexibility index (Phi) is 4.68. The van der Waals surface area contributed by atoms with Gasteiger partial charge in [0.15, 0.2) is 0 Å². The van der Waals surface area contributed by atoms with Crippen molar-refractivity contribution in [1.29, 1.82) is 0 Å². The highest BCUT2D eigenvalue weighted by Gasteiger charge is 2.44. The summed E-state index contributed by atoms with van der Waals surface area (Å²) in [5, 5.41) is 0. The minimum Gasteiger partial charge on any atom is -0.384 e. The Bertz CT molecular complexity index is 310. The van der Waals surface area contributed by atoms with Crippen LogP contribution in [-0.2, 0) is 9.47 Å². The highest BCUT2D eigenvalue weighted by molar-refractivity contribution is 5.73. The lowest BCUT2D eigenvalue weighted by Crippen LogP contribution is -2.52. The van der Waals surface area contributed by atoms with Crippen molar-refractivity contribution in [3.8, 4) is 0 Å². The molecule has 5 nitrogen and oxygen atoms in total. The van der Waals surface area contributed by atoms with Crippen LogP contribution in [-0.4, -0.2) is 69.9 Å². The Morgan fingerprint density at radius 1 is 1.37 bits per heavy atom. The summed E-state index contributed by atoms with van der Waals surface area (Å²) in [4.78, 5) is 15.6. The number of amides is 2. The van der Waals surface area contributed by atoms with Gasteiger partial charge in [-0.15, -0.1) is 0 Å². The zero-order valence-electron chi connectivity index (χ0n) is 12.4. The van der Waals surface area contributed by atoms with E-state index in [4.69, 9.17) is 9.47 Å². The molecule has 1 atom stereocenters. The van der Waals surface area contributed by atoms with Gasteiger partial charge in [0.05, 0.1) is 13.2 Å². The molecule has 2 rings (SSSR count). The summed E-state index contributed by atoms with van der Waals surface area (Å²) < 4.78 is 11.0.